The molecule has 2 aromatic rings. The minimum absolute atomic E-state index is 0.137. The van der Waals surface area contributed by atoms with Crippen LogP contribution in [0.25, 0.3) is 0 Å². The van der Waals surface area contributed by atoms with Gasteiger partial charge in [-0.1, -0.05) is 19.1 Å². The summed E-state index contributed by atoms with van der Waals surface area (Å²) >= 11 is 1.36. The van der Waals surface area contributed by atoms with Crippen molar-refractivity contribution in [3.63, 3.8) is 0 Å². The molecule has 132 valence electrons. The standard InChI is InChI=1S/C18H21N3O3S/c1-3-12-4-6-13(7-5-12)19-18(23)21(14-8-9-14)10-16-20-15(11-25-16)17(22)24-2/h4-7,11,14H,3,8-10H2,1-2H3,(H,19,23). The quantitative estimate of drug-likeness (QED) is 0.799. The van der Waals surface area contributed by atoms with E-state index in [4.69, 9.17) is 0 Å². The van der Waals surface area contributed by atoms with Crippen LogP contribution >= 0.6 is 11.3 Å². The van der Waals surface area contributed by atoms with Gasteiger partial charge in [-0.2, -0.15) is 0 Å². The number of thiazole rings is 1. The third-order valence-corrected chi connectivity index (χ3v) is 4.95. The Morgan fingerprint density at radius 3 is 2.64 bits per heavy atom. The molecule has 1 aromatic heterocycles. The number of anilines is 1. The van der Waals surface area contributed by atoms with E-state index in [2.05, 4.69) is 22.0 Å². The SMILES string of the molecule is CCc1ccc(NC(=O)N(Cc2nc(C(=O)OC)cs2)C2CC2)cc1. The lowest BCUT2D eigenvalue weighted by molar-refractivity contribution is 0.0594. The van der Waals surface area contributed by atoms with E-state index < -0.39 is 5.97 Å². The second-order valence-electron chi connectivity index (χ2n) is 5.96. The number of ether oxygens (including phenoxy) is 1. The monoisotopic (exact) mass is 359 g/mol. The van der Waals surface area contributed by atoms with Crippen molar-refractivity contribution in [2.75, 3.05) is 12.4 Å². The van der Waals surface area contributed by atoms with Crippen molar-refractivity contribution in [1.82, 2.24) is 9.88 Å². The fourth-order valence-corrected chi connectivity index (χ4v) is 3.26. The van der Waals surface area contributed by atoms with Crippen LogP contribution in [-0.4, -0.2) is 35.0 Å². The average molecular weight is 359 g/mol. The number of hydrogen-bond acceptors (Lipinski definition) is 5. The number of benzene rings is 1. The summed E-state index contributed by atoms with van der Waals surface area (Å²) in [5, 5.41) is 5.33. The Labute approximate surface area is 150 Å². The maximum atomic E-state index is 12.6. The lowest BCUT2D eigenvalue weighted by Gasteiger charge is -2.21. The van der Waals surface area contributed by atoms with Gasteiger partial charge in [0.15, 0.2) is 5.69 Å². The number of carbonyl (C=O) groups excluding carboxylic acids is 2. The highest BCUT2D eigenvalue weighted by molar-refractivity contribution is 7.09. The topological polar surface area (TPSA) is 71.5 Å². The molecule has 1 aliphatic carbocycles. The first kappa shape index (κ1) is 17.4. The number of amides is 2. The van der Waals surface area contributed by atoms with Crippen molar-refractivity contribution in [3.8, 4) is 0 Å². The minimum Gasteiger partial charge on any atom is -0.464 e. The molecule has 0 radical (unpaired) electrons. The second-order valence-corrected chi connectivity index (χ2v) is 6.90. The molecule has 1 N–H and O–H groups in total. The van der Waals surface area contributed by atoms with Gasteiger partial charge < -0.3 is 15.0 Å². The van der Waals surface area contributed by atoms with Gasteiger partial charge in [0, 0.05) is 17.1 Å². The highest BCUT2D eigenvalue weighted by Crippen LogP contribution is 2.29. The fourth-order valence-electron chi connectivity index (χ4n) is 2.50. The largest absolute Gasteiger partial charge is 0.464 e. The van der Waals surface area contributed by atoms with Crippen LogP contribution in [0.1, 0.15) is 40.8 Å². The zero-order chi connectivity index (χ0) is 17.8. The van der Waals surface area contributed by atoms with E-state index in [9.17, 15) is 9.59 Å². The summed E-state index contributed by atoms with van der Waals surface area (Å²) in [5.41, 5.74) is 2.30. The first-order valence-corrected chi connectivity index (χ1v) is 9.18. The van der Waals surface area contributed by atoms with Gasteiger partial charge in [-0.05, 0) is 37.0 Å². The molecule has 6 nitrogen and oxygen atoms in total. The summed E-state index contributed by atoms with van der Waals surface area (Å²) in [6.07, 6.45) is 2.96. The number of rotatable bonds is 6. The van der Waals surface area contributed by atoms with Crippen LogP contribution in [0, 0.1) is 0 Å². The number of esters is 1. The first-order valence-electron chi connectivity index (χ1n) is 8.30. The number of nitrogens with one attached hydrogen (secondary N) is 1. The van der Waals surface area contributed by atoms with Crippen LogP contribution in [0.4, 0.5) is 10.5 Å². The van der Waals surface area contributed by atoms with E-state index >= 15 is 0 Å². The molecule has 0 aliphatic heterocycles. The summed E-state index contributed by atoms with van der Waals surface area (Å²) in [5.74, 6) is -0.457. The molecule has 0 atom stereocenters. The molecule has 1 aromatic carbocycles. The molecule has 0 spiro atoms. The number of aromatic nitrogens is 1. The van der Waals surface area contributed by atoms with Crippen molar-refractivity contribution in [2.45, 2.75) is 38.8 Å². The van der Waals surface area contributed by atoms with Crippen LogP contribution in [-0.2, 0) is 17.7 Å². The molecule has 1 aliphatic rings. The van der Waals surface area contributed by atoms with E-state index in [-0.39, 0.29) is 17.8 Å². The minimum atomic E-state index is -0.457. The summed E-state index contributed by atoms with van der Waals surface area (Å²) < 4.78 is 4.67. The average Bonchev–Trinajstić information content (AvgIpc) is 3.37. The maximum Gasteiger partial charge on any atom is 0.357 e. The normalized spacial score (nSPS) is 13.4. The predicted octanol–water partition coefficient (Wildman–Crippen LogP) is 3.69. The molecule has 1 saturated carbocycles. The Morgan fingerprint density at radius 2 is 2.04 bits per heavy atom. The van der Waals surface area contributed by atoms with E-state index in [1.165, 1.54) is 24.0 Å². The molecular formula is C18H21N3O3S. The van der Waals surface area contributed by atoms with E-state index in [0.29, 0.717) is 6.54 Å². The van der Waals surface area contributed by atoms with Gasteiger partial charge in [0.1, 0.15) is 5.01 Å². The van der Waals surface area contributed by atoms with E-state index in [0.717, 1.165) is 30.0 Å². The Balaban J connectivity index is 1.66. The van der Waals surface area contributed by atoms with Crippen LogP contribution in [0.5, 0.6) is 0 Å². The van der Waals surface area contributed by atoms with Gasteiger partial charge >= 0.3 is 12.0 Å². The van der Waals surface area contributed by atoms with E-state index in [1.807, 2.05) is 24.3 Å². The molecule has 0 saturated heterocycles. The van der Waals surface area contributed by atoms with Crippen molar-refractivity contribution >= 4 is 29.0 Å². The van der Waals surface area contributed by atoms with Crippen LogP contribution in [0.15, 0.2) is 29.6 Å². The third kappa shape index (κ3) is 4.36. The molecule has 1 fully saturated rings. The molecule has 3 rings (SSSR count). The van der Waals surface area contributed by atoms with Gasteiger partial charge in [-0.15, -0.1) is 11.3 Å². The fraction of sp³-hybridized carbons (Fsp3) is 0.389. The van der Waals surface area contributed by atoms with E-state index in [1.54, 1.807) is 10.3 Å². The van der Waals surface area contributed by atoms with Crippen molar-refractivity contribution in [1.29, 1.82) is 0 Å². The molecular weight excluding hydrogens is 338 g/mol. The number of hydrogen-bond donors (Lipinski definition) is 1. The molecule has 1 heterocycles. The Bertz CT molecular complexity index is 753. The summed E-state index contributed by atoms with van der Waals surface area (Å²) in [4.78, 5) is 30.2. The lowest BCUT2D eigenvalue weighted by atomic mass is 10.1. The Kier molecular flexibility index (Phi) is 5.33. The van der Waals surface area contributed by atoms with Gasteiger partial charge in [0.25, 0.3) is 0 Å². The smallest absolute Gasteiger partial charge is 0.357 e. The second kappa shape index (κ2) is 7.65. The van der Waals surface area contributed by atoms with Crippen molar-refractivity contribution in [2.24, 2.45) is 0 Å². The third-order valence-electron chi connectivity index (χ3n) is 4.11. The van der Waals surface area contributed by atoms with Crippen LogP contribution in [0.2, 0.25) is 0 Å². The summed E-state index contributed by atoms with van der Waals surface area (Å²) in [7, 11) is 1.33. The van der Waals surface area contributed by atoms with Gasteiger partial charge in [-0.25, -0.2) is 14.6 Å². The zero-order valence-corrected chi connectivity index (χ0v) is 15.1. The zero-order valence-electron chi connectivity index (χ0n) is 14.3. The Morgan fingerprint density at radius 1 is 1.32 bits per heavy atom. The number of carbonyl (C=O) groups is 2. The molecule has 25 heavy (non-hydrogen) atoms. The molecule has 7 heteroatoms. The lowest BCUT2D eigenvalue weighted by Crippen LogP contribution is -2.36. The number of urea groups is 1. The summed E-state index contributed by atoms with van der Waals surface area (Å²) in [6, 6.07) is 7.96. The maximum absolute atomic E-state index is 12.6. The van der Waals surface area contributed by atoms with Gasteiger partial charge in [0.05, 0.1) is 13.7 Å². The van der Waals surface area contributed by atoms with Crippen molar-refractivity contribution < 1.29 is 14.3 Å². The van der Waals surface area contributed by atoms with Crippen molar-refractivity contribution in [3.05, 3.63) is 45.9 Å². The number of nitrogens with zero attached hydrogens (tertiary/aromatic N) is 2. The summed E-state index contributed by atoms with van der Waals surface area (Å²) in [6.45, 7) is 2.49. The highest BCUT2D eigenvalue weighted by Gasteiger charge is 2.33. The molecule has 0 bridgehead atoms. The molecule has 2 amide bonds. The Hall–Kier alpha value is -2.41. The first-order chi connectivity index (χ1) is 12.1. The van der Waals surface area contributed by atoms with Crippen LogP contribution in [0.3, 0.4) is 0 Å². The van der Waals surface area contributed by atoms with Crippen LogP contribution < -0.4 is 5.32 Å². The molecule has 0 unspecified atom stereocenters. The van der Waals surface area contributed by atoms with Gasteiger partial charge in [0.2, 0.25) is 0 Å². The highest BCUT2D eigenvalue weighted by atomic mass is 32.1. The predicted molar refractivity (Wildman–Crippen MR) is 96.9 cm³/mol. The number of aryl methyl sites for hydroxylation is 1. The number of methoxy groups -OCH3 is 1. The van der Waals surface area contributed by atoms with Gasteiger partial charge in [-0.3, -0.25) is 0 Å².